The number of anilines is 2. The first-order valence-electron chi connectivity index (χ1n) is 8.15. The van der Waals surface area contributed by atoms with E-state index in [9.17, 15) is 0 Å². The molecule has 0 saturated heterocycles. The molecule has 0 amide bonds. The van der Waals surface area contributed by atoms with E-state index in [4.69, 9.17) is 23.2 Å². The molecule has 0 aliphatic carbocycles. The molecule has 0 unspecified atom stereocenters. The van der Waals surface area contributed by atoms with E-state index in [0.717, 1.165) is 33.3 Å². The van der Waals surface area contributed by atoms with E-state index in [1.807, 2.05) is 48.5 Å². The second kappa shape index (κ2) is 7.32. The van der Waals surface area contributed by atoms with Crippen LogP contribution in [0.1, 0.15) is 0 Å². The number of aromatic nitrogens is 3. The van der Waals surface area contributed by atoms with Gasteiger partial charge in [0.2, 0.25) is 5.28 Å². The van der Waals surface area contributed by atoms with Crippen molar-refractivity contribution in [2.45, 2.75) is 0 Å². The van der Waals surface area contributed by atoms with Gasteiger partial charge in [0, 0.05) is 40.8 Å². The highest BCUT2D eigenvalue weighted by atomic mass is 35.5. The minimum absolute atomic E-state index is 0.233. The molecule has 7 heteroatoms. The number of rotatable bonds is 5. The quantitative estimate of drug-likeness (QED) is 0.374. The van der Waals surface area contributed by atoms with E-state index in [2.05, 4.69) is 25.6 Å². The van der Waals surface area contributed by atoms with Crippen LogP contribution in [0.4, 0.5) is 11.5 Å². The Morgan fingerprint density at radius 2 is 1.65 bits per heavy atom. The molecule has 0 atom stereocenters. The lowest BCUT2D eigenvalue weighted by atomic mass is 10.2. The first-order valence-corrected chi connectivity index (χ1v) is 8.90. The van der Waals surface area contributed by atoms with Crippen LogP contribution in [0.25, 0.3) is 21.8 Å². The summed E-state index contributed by atoms with van der Waals surface area (Å²) in [5.74, 6) is 0.730. The number of pyridine rings is 1. The topological polar surface area (TPSA) is 62.7 Å². The van der Waals surface area contributed by atoms with Gasteiger partial charge in [0.15, 0.2) is 0 Å². The van der Waals surface area contributed by atoms with Crippen LogP contribution in [-0.2, 0) is 0 Å². The van der Waals surface area contributed by atoms with Gasteiger partial charge in [0.1, 0.15) is 5.82 Å². The van der Waals surface area contributed by atoms with Gasteiger partial charge in [-0.3, -0.25) is 4.98 Å². The molecule has 2 heterocycles. The summed E-state index contributed by atoms with van der Waals surface area (Å²) in [5.41, 5.74) is 2.70. The van der Waals surface area contributed by atoms with Crippen LogP contribution in [0.3, 0.4) is 0 Å². The Kier molecular flexibility index (Phi) is 4.73. The Bertz CT molecular complexity index is 1080. The van der Waals surface area contributed by atoms with Gasteiger partial charge in [-0.25, -0.2) is 9.97 Å². The highest BCUT2D eigenvalue weighted by Gasteiger charge is 2.06. The number of hydrogen-bond donors (Lipinski definition) is 2. The molecule has 26 heavy (non-hydrogen) atoms. The zero-order valence-electron chi connectivity index (χ0n) is 13.7. The van der Waals surface area contributed by atoms with E-state index in [0.29, 0.717) is 18.1 Å². The van der Waals surface area contributed by atoms with Gasteiger partial charge in [-0.15, -0.1) is 0 Å². The lowest BCUT2D eigenvalue weighted by Crippen LogP contribution is -2.15. The zero-order valence-corrected chi connectivity index (χ0v) is 15.2. The molecule has 2 N–H and O–H groups in total. The second-order valence-corrected chi connectivity index (χ2v) is 6.51. The molecule has 0 aliphatic rings. The average molecular weight is 384 g/mol. The molecule has 0 saturated carbocycles. The van der Waals surface area contributed by atoms with Crippen LogP contribution in [0.5, 0.6) is 0 Å². The predicted molar refractivity (Wildman–Crippen MR) is 108 cm³/mol. The third kappa shape index (κ3) is 3.49. The van der Waals surface area contributed by atoms with Crippen molar-refractivity contribution < 1.29 is 0 Å². The Balaban J connectivity index is 1.47. The Morgan fingerprint density at radius 1 is 0.808 bits per heavy atom. The normalized spacial score (nSPS) is 11.0. The van der Waals surface area contributed by atoms with E-state index in [1.54, 1.807) is 6.20 Å². The number of fused-ring (bicyclic) bond motifs is 2. The van der Waals surface area contributed by atoms with Crippen molar-refractivity contribution in [3.8, 4) is 0 Å². The number of hydrogen-bond acceptors (Lipinski definition) is 5. The monoisotopic (exact) mass is 383 g/mol. The Morgan fingerprint density at radius 3 is 2.58 bits per heavy atom. The lowest BCUT2D eigenvalue weighted by Gasteiger charge is -2.12. The Labute approximate surface area is 160 Å². The minimum atomic E-state index is 0.233. The van der Waals surface area contributed by atoms with Crippen molar-refractivity contribution in [3.05, 3.63) is 65.0 Å². The van der Waals surface area contributed by atoms with Crippen LogP contribution in [0, 0.1) is 0 Å². The van der Waals surface area contributed by atoms with Gasteiger partial charge in [-0.2, -0.15) is 0 Å². The Hall–Kier alpha value is -2.63. The van der Waals surface area contributed by atoms with E-state index < -0.39 is 0 Å². The third-order valence-corrected chi connectivity index (χ3v) is 4.42. The van der Waals surface area contributed by atoms with Crippen LogP contribution in [0.2, 0.25) is 10.3 Å². The molecule has 4 aromatic rings. The molecule has 0 spiro atoms. The summed E-state index contributed by atoms with van der Waals surface area (Å²) in [7, 11) is 0. The largest absolute Gasteiger partial charge is 0.383 e. The lowest BCUT2D eigenvalue weighted by molar-refractivity contribution is 1.06. The van der Waals surface area contributed by atoms with Gasteiger partial charge in [0.25, 0.3) is 0 Å². The highest BCUT2D eigenvalue weighted by Crippen LogP contribution is 2.24. The van der Waals surface area contributed by atoms with E-state index in [1.165, 1.54) is 0 Å². The van der Waals surface area contributed by atoms with Gasteiger partial charge >= 0.3 is 0 Å². The number of halogens is 2. The molecule has 5 nitrogen and oxygen atoms in total. The second-order valence-electron chi connectivity index (χ2n) is 5.73. The van der Waals surface area contributed by atoms with Gasteiger partial charge < -0.3 is 10.6 Å². The number of nitrogens with zero attached hydrogens (tertiary/aromatic N) is 3. The molecule has 2 aromatic heterocycles. The standard InChI is InChI=1S/C19H15Cl2N5/c20-12-5-6-13-15(7-8-22-17(13)11-12)23-9-10-24-18-14-3-1-2-4-16(14)25-19(21)26-18/h1-8,11H,9-10H2,(H,22,23)(H,24,25,26). The fraction of sp³-hybridized carbons (Fsp3) is 0.105. The first-order chi connectivity index (χ1) is 12.7. The maximum atomic E-state index is 6.03. The minimum Gasteiger partial charge on any atom is -0.383 e. The smallest absolute Gasteiger partial charge is 0.224 e. The fourth-order valence-corrected chi connectivity index (χ4v) is 3.18. The summed E-state index contributed by atoms with van der Waals surface area (Å²) in [6.07, 6.45) is 1.77. The third-order valence-electron chi connectivity index (χ3n) is 4.01. The molecule has 0 aliphatic heterocycles. The number of nitrogens with one attached hydrogen (secondary N) is 2. The summed E-state index contributed by atoms with van der Waals surface area (Å²) in [6, 6.07) is 15.4. The van der Waals surface area contributed by atoms with Crippen LogP contribution in [0.15, 0.2) is 54.7 Å². The molecule has 4 rings (SSSR count). The maximum Gasteiger partial charge on any atom is 0.224 e. The van der Waals surface area contributed by atoms with Crippen molar-refractivity contribution in [3.63, 3.8) is 0 Å². The van der Waals surface area contributed by atoms with Crippen LogP contribution >= 0.6 is 23.2 Å². The van der Waals surface area contributed by atoms with Crippen molar-refractivity contribution >= 4 is 56.5 Å². The summed E-state index contributed by atoms with van der Waals surface area (Å²) < 4.78 is 0. The summed E-state index contributed by atoms with van der Waals surface area (Å²) in [5, 5.41) is 9.63. The summed E-state index contributed by atoms with van der Waals surface area (Å²) in [4.78, 5) is 12.9. The van der Waals surface area contributed by atoms with Crippen LogP contribution in [-0.4, -0.2) is 28.0 Å². The van der Waals surface area contributed by atoms with Gasteiger partial charge in [0.05, 0.1) is 11.0 Å². The zero-order chi connectivity index (χ0) is 17.9. The molecular weight excluding hydrogens is 369 g/mol. The molecule has 130 valence electrons. The van der Waals surface area contributed by atoms with Crippen molar-refractivity contribution in [2.24, 2.45) is 0 Å². The highest BCUT2D eigenvalue weighted by molar-refractivity contribution is 6.31. The van der Waals surface area contributed by atoms with Gasteiger partial charge in [-0.1, -0.05) is 23.7 Å². The fourth-order valence-electron chi connectivity index (χ4n) is 2.84. The van der Waals surface area contributed by atoms with Crippen LogP contribution < -0.4 is 10.6 Å². The van der Waals surface area contributed by atoms with Gasteiger partial charge in [-0.05, 0) is 48.0 Å². The van der Waals surface area contributed by atoms with Crippen molar-refractivity contribution in [1.82, 2.24) is 15.0 Å². The van der Waals surface area contributed by atoms with Crippen molar-refractivity contribution in [1.29, 1.82) is 0 Å². The molecule has 2 aromatic carbocycles. The maximum absolute atomic E-state index is 6.03. The number of para-hydroxylation sites is 1. The summed E-state index contributed by atoms with van der Waals surface area (Å²) >= 11 is 12.0. The van der Waals surface area contributed by atoms with E-state index >= 15 is 0 Å². The number of benzene rings is 2. The first kappa shape index (κ1) is 16.8. The summed E-state index contributed by atoms with van der Waals surface area (Å²) in [6.45, 7) is 1.38. The van der Waals surface area contributed by atoms with Crippen molar-refractivity contribution in [2.75, 3.05) is 23.7 Å². The molecule has 0 radical (unpaired) electrons. The molecular formula is C19H15Cl2N5. The SMILES string of the molecule is Clc1ccc2c(NCCNc3nc(Cl)nc4ccccc34)ccnc2c1. The van der Waals surface area contributed by atoms with E-state index in [-0.39, 0.29) is 5.28 Å². The predicted octanol–water partition coefficient (Wildman–Crippen LogP) is 5.01. The average Bonchev–Trinajstić information content (AvgIpc) is 2.64. The molecule has 0 bridgehead atoms. The molecule has 0 fully saturated rings.